The topological polar surface area (TPSA) is 61.3 Å². The molecule has 1 aromatic heterocycles. The SMILES string of the molecule is COc1c(-c2cc(N)on2)ccc(C)c1Br. The van der Waals surface area contributed by atoms with Gasteiger partial charge in [-0.25, -0.2) is 0 Å². The fourth-order valence-corrected chi connectivity index (χ4v) is 1.98. The number of benzene rings is 1. The minimum absolute atomic E-state index is 0.286. The van der Waals surface area contributed by atoms with Gasteiger partial charge >= 0.3 is 0 Å². The van der Waals surface area contributed by atoms with E-state index in [0.29, 0.717) is 5.69 Å². The summed E-state index contributed by atoms with van der Waals surface area (Å²) in [7, 11) is 1.62. The second-order valence-corrected chi connectivity index (χ2v) is 4.18. The first-order valence-electron chi connectivity index (χ1n) is 4.69. The molecule has 0 saturated heterocycles. The van der Waals surface area contributed by atoms with Crippen molar-refractivity contribution >= 4 is 21.8 Å². The van der Waals surface area contributed by atoms with Crippen LogP contribution in [0.3, 0.4) is 0 Å². The fraction of sp³-hybridized carbons (Fsp3) is 0.182. The molecule has 0 fully saturated rings. The van der Waals surface area contributed by atoms with Crippen molar-refractivity contribution in [1.82, 2.24) is 5.16 Å². The maximum Gasteiger partial charge on any atom is 0.222 e. The predicted molar refractivity (Wildman–Crippen MR) is 65.3 cm³/mol. The molecule has 0 bridgehead atoms. The third-order valence-corrected chi connectivity index (χ3v) is 3.28. The van der Waals surface area contributed by atoms with Crippen LogP contribution in [0.1, 0.15) is 5.56 Å². The summed E-state index contributed by atoms with van der Waals surface area (Å²) in [6.45, 7) is 1.99. The summed E-state index contributed by atoms with van der Waals surface area (Å²) in [5.74, 6) is 1.02. The molecule has 0 atom stereocenters. The second-order valence-electron chi connectivity index (χ2n) is 3.39. The molecule has 0 unspecified atom stereocenters. The third-order valence-electron chi connectivity index (χ3n) is 2.30. The van der Waals surface area contributed by atoms with Crippen molar-refractivity contribution in [3.8, 4) is 17.0 Å². The van der Waals surface area contributed by atoms with Crippen LogP contribution < -0.4 is 10.5 Å². The highest BCUT2D eigenvalue weighted by Gasteiger charge is 2.14. The number of hydrogen-bond acceptors (Lipinski definition) is 4. The average Bonchev–Trinajstić information content (AvgIpc) is 2.68. The number of aryl methyl sites for hydroxylation is 1. The molecule has 0 amide bonds. The summed E-state index contributed by atoms with van der Waals surface area (Å²) in [6.07, 6.45) is 0. The van der Waals surface area contributed by atoms with Crippen LogP contribution in [0.2, 0.25) is 0 Å². The molecule has 2 aromatic rings. The van der Waals surface area contributed by atoms with E-state index in [1.807, 2.05) is 19.1 Å². The van der Waals surface area contributed by atoms with Gasteiger partial charge in [0.2, 0.25) is 5.88 Å². The summed E-state index contributed by atoms with van der Waals surface area (Å²) in [5.41, 5.74) is 8.10. The Morgan fingerprint density at radius 3 is 2.75 bits per heavy atom. The molecule has 2 N–H and O–H groups in total. The zero-order chi connectivity index (χ0) is 11.7. The molecule has 1 heterocycles. The normalized spacial score (nSPS) is 10.4. The number of hydrogen-bond donors (Lipinski definition) is 1. The van der Waals surface area contributed by atoms with E-state index < -0.39 is 0 Å². The molecule has 0 radical (unpaired) electrons. The van der Waals surface area contributed by atoms with Crippen molar-refractivity contribution in [3.63, 3.8) is 0 Å². The minimum Gasteiger partial charge on any atom is -0.495 e. The van der Waals surface area contributed by atoms with Crippen LogP contribution in [-0.2, 0) is 0 Å². The zero-order valence-electron chi connectivity index (χ0n) is 8.95. The summed E-state index contributed by atoms with van der Waals surface area (Å²) in [5, 5.41) is 3.86. The first-order valence-corrected chi connectivity index (χ1v) is 5.48. The predicted octanol–water partition coefficient (Wildman–Crippen LogP) is 3.00. The van der Waals surface area contributed by atoms with Gasteiger partial charge in [-0.2, -0.15) is 0 Å². The highest BCUT2D eigenvalue weighted by Crippen LogP contribution is 2.38. The molecule has 0 saturated carbocycles. The lowest BCUT2D eigenvalue weighted by atomic mass is 10.1. The molecule has 16 heavy (non-hydrogen) atoms. The van der Waals surface area contributed by atoms with E-state index in [-0.39, 0.29) is 5.88 Å². The van der Waals surface area contributed by atoms with E-state index in [1.54, 1.807) is 13.2 Å². The Kier molecular flexibility index (Phi) is 2.87. The summed E-state index contributed by atoms with van der Waals surface area (Å²) in [6, 6.07) is 5.57. The van der Waals surface area contributed by atoms with Gasteiger partial charge in [-0.15, -0.1) is 0 Å². The fourth-order valence-electron chi connectivity index (χ4n) is 1.47. The van der Waals surface area contributed by atoms with Crippen LogP contribution in [0.5, 0.6) is 5.75 Å². The number of halogens is 1. The molecular weight excluding hydrogens is 272 g/mol. The van der Waals surface area contributed by atoms with Crippen LogP contribution in [0, 0.1) is 6.92 Å². The van der Waals surface area contributed by atoms with Gasteiger partial charge in [-0.05, 0) is 34.5 Å². The Labute approximate surface area is 102 Å². The van der Waals surface area contributed by atoms with Gasteiger partial charge in [0.1, 0.15) is 11.4 Å². The molecule has 4 nitrogen and oxygen atoms in total. The molecule has 0 aliphatic carbocycles. The Morgan fingerprint density at radius 1 is 1.44 bits per heavy atom. The molecule has 0 aliphatic heterocycles. The van der Waals surface area contributed by atoms with Crippen molar-refractivity contribution in [2.75, 3.05) is 12.8 Å². The number of nitrogens with zero attached hydrogens (tertiary/aromatic N) is 1. The lowest BCUT2D eigenvalue weighted by Crippen LogP contribution is -1.91. The van der Waals surface area contributed by atoms with Gasteiger partial charge < -0.3 is 15.0 Å². The first kappa shape index (κ1) is 11.0. The molecule has 2 rings (SSSR count). The van der Waals surface area contributed by atoms with E-state index in [2.05, 4.69) is 21.1 Å². The lowest BCUT2D eigenvalue weighted by Gasteiger charge is -2.10. The van der Waals surface area contributed by atoms with E-state index in [0.717, 1.165) is 21.3 Å². The number of aromatic nitrogens is 1. The average molecular weight is 283 g/mol. The summed E-state index contributed by atoms with van der Waals surface area (Å²) < 4.78 is 11.1. The summed E-state index contributed by atoms with van der Waals surface area (Å²) in [4.78, 5) is 0. The van der Waals surface area contributed by atoms with Crippen molar-refractivity contribution in [1.29, 1.82) is 0 Å². The maximum absolute atomic E-state index is 5.49. The van der Waals surface area contributed by atoms with Gasteiger partial charge in [0.25, 0.3) is 0 Å². The van der Waals surface area contributed by atoms with Crippen molar-refractivity contribution in [2.24, 2.45) is 0 Å². The van der Waals surface area contributed by atoms with Crippen LogP contribution in [0.25, 0.3) is 11.3 Å². The quantitative estimate of drug-likeness (QED) is 0.920. The smallest absolute Gasteiger partial charge is 0.222 e. The van der Waals surface area contributed by atoms with Crippen LogP contribution >= 0.6 is 15.9 Å². The minimum atomic E-state index is 0.286. The number of nitrogen functional groups attached to an aromatic ring is 1. The van der Waals surface area contributed by atoms with Gasteiger partial charge in [-0.3, -0.25) is 0 Å². The lowest BCUT2D eigenvalue weighted by molar-refractivity contribution is 0.411. The number of anilines is 1. The summed E-state index contributed by atoms with van der Waals surface area (Å²) >= 11 is 3.48. The zero-order valence-corrected chi connectivity index (χ0v) is 10.5. The van der Waals surface area contributed by atoms with E-state index in [9.17, 15) is 0 Å². The largest absolute Gasteiger partial charge is 0.495 e. The molecule has 5 heteroatoms. The van der Waals surface area contributed by atoms with E-state index >= 15 is 0 Å². The number of methoxy groups -OCH3 is 1. The molecule has 1 aromatic carbocycles. The Hall–Kier alpha value is -1.49. The number of ether oxygens (including phenoxy) is 1. The Bertz CT molecular complexity index is 523. The van der Waals surface area contributed by atoms with E-state index in [1.165, 1.54) is 0 Å². The van der Waals surface area contributed by atoms with Crippen LogP contribution in [0.4, 0.5) is 5.88 Å². The van der Waals surface area contributed by atoms with Gasteiger partial charge in [-0.1, -0.05) is 11.2 Å². The Morgan fingerprint density at radius 2 is 2.19 bits per heavy atom. The maximum atomic E-state index is 5.49. The van der Waals surface area contributed by atoms with Gasteiger partial charge in [0.15, 0.2) is 0 Å². The van der Waals surface area contributed by atoms with Crippen molar-refractivity contribution in [3.05, 3.63) is 28.2 Å². The standard InChI is InChI=1S/C11H11BrN2O2/c1-6-3-4-7(11(15-2)10(6)12)8-5-9(13)16-14-8/h3-5H,13H2,1-2H3. The van der Waals surface area contributed by atoms with Gasteiger partial charge in [0, 0.05) is 11.6 Å². The van der Waals surface area contributed by atoms with Crippen molar-refractivity contribution < 1.29 is 9.26 Å². The molecular formula is C11H11BrN2O2. The molecule has 0 spiro atoms. The molecule has 84 valence electrons. The number of nitrogens with two attached hydrogens (primary N) is 1. The highest BCUT2D eigenvalue weighted by molar-refractivity contribution is 9.10. The highest BCUT2D eigenvalue weighted by atomic mass is 79.9. The molecule has 0 aliphatic rings. The first-order chi connectivity index (χ1) is 7.63. The van der Waals surface area contributed by atoms with Crippen LogP contribution in [-0.4, -0.2) is 12.3 Å². The van der Waals surface area contributed by atoms with Crippen LogP contribution in [0.15, 0.2) is 27.2 Å². The van der Waals surface area contributed by atoms with Gasteiger partial charge in [0.05, 0.1) is 11.6 Å². The van der Waals surface area contributed by atoms with Crippen molar-refractivity contribution in [2.45, 2.75) is 6.92 Å². The van der Waals surface area contributed by atoms with E-state index in [4.69, 9.17) is 15.0 Å². The second kappa shape index (κ2) is 4.17. The third kappa shape index (κ3) is 1.78. The number of rotatable bonds is 2. The monoisotopic (exact) mass is 282 g/mol. The Balaban J connectivity index is 2.61.